The first kappa shape index (κ1) is 9.27. The molecule has 0 rings (SSSR count). The molecule has 0 aromatic carbocycles. The highest BCUT2D eigenvalue weighted by Gasteiger charge is 2.03. The first-order valence-corrected chi connectivity index (χ1v) is 3.63. The maximum Gasteiger partial charge on any atom is 0.188 e. The molecule has 3 heteroatoms. The topological polar surface area (TPSA) is 53.1 Å². The third kappa shape index (κ3) is 3.33. The minimum absolute atomic E-state index is 0.153. The lowest BCUT2D eigenvalue weighted by Gasteiger charge is -2.19. The Hall–Kier alpha value is -0.730. The van der Waals surface area contributed by atoms with Gasteiger partial charge in [0.2, 0.25) is 0 Å². The molecule has 0 amide bonds. The number of nitrogens with two attached hydrogens (primary N) is 1. The summed E-state index contributed by atoms with van der Waals surface area (Å²) >= 11 is 0. The first-order valence-electron chi connectivity index (χ1n) is 3.63. The Morgan fingerprint density at radius 1 is 1.70 bits per heavy atom. The van der Waals surface area contributed by atoms with E-state index in [2.05, 4.69) is 13.8 Å². The highest BCUT2D eigenvalue weighted by atomic mass is 15.2. The van der Waals surface area contributed by atoms with Crippen molar-refractivity contribution in [2.45, 2.75) is 20.3 Å². The summed E-state index contributed by atoms with van der Waals surface area (Å²) in [5.74, 6) is 0.772. The molecule has 0 spiro atoms. The lowest BCUT2D eigenvalue weighted by Crippen LogP contribution is -2.35. The Balaban J connectivity index is 3.56. The molecule has 0 fully saturated rings. The van der Waals surface area contributed by atoms with Gasteiger partial charge in [-0.15, -0.1) is 0 Å². The van der Waals surface area contributed by atoms with Crippen LogP contribution in [0.5, 0.6) is 0 Å². The van der Waals surface area contributed by atoms with Crippen LogP contribution in [0.1, 0.15) is 20.3 Å². The van der Waals surface area contributed by atoms with E-state index >= 15 is 0 Å². The van der Waals surface area contributed by atoms with Crippen LogP contribution in [0.25, 0.3) is 0 Å². The predicted molar refractivity (Wildman–Crippen MR) is 44.0 cm³/mol. The summed E-state index contributed by atoms with van der Waals surface area (Å²) in [7, 11) is 1.84. The Labute approximate surface area is 62.7 Å². The van der Waals surface area contributed by atoms with Gasteiger partial charge in [-0.25, -0.2) is 0 Å². The van der Waals surface area contributed by atoms with Gasteiger partial charge in [-0.05, 0) is 5.92 Å². The predicted octanol–water partition coefficient (Wildman–Crippen LogP) is 0.858. The molecule has 10 heavy (non-hydrogen) atoms. The molecule has 0 aliphatic carbocycles. The summed E-state index contributed by atoms with van der Waals surface area (Å²) < 4.78 is 0. The molecule has 0 aromatic heterocycles. The van der Waals surface area contributed by atoms with Crippen LogP contribution >= 0.6 is 0 Å². The SMILES string of the molecule is CC[C@@H](C)CN(C)C(=N)N. The van der Waals surface area contributed by atoms with Gasteiger partial charge in [0.1, 0.15) is 0 Å². The van der Waals surface area contributed by atoms with E-state index in [1.807, 2.05) is 7.05 Å². The summed E-state index contributed by atoms with van der Waals surface area (Å²) in [6, 6.07) is 0. The minimum Gasteiger partial charge on any atom is -0.370 e. The van der Waals surface area contributed by atoms with Crippen LogP contribution in [0, 0.1) is 11.3 Å². The lowest BCUT2D eigenvalue weighted by molar-refractivity contribution is 0.391. The van der Waals surface area contributed by atoms with Crippen LogP contribution in [-0.2, 0) is 0 Å². The average molecular weight is 143 g/mol. The molecule has 0 aromatic rings. The maximum atomic E-state index is 7.07. The third-order valence-electron chi connectivity index (χ3n) is 1.69. The van der Waals surface area contributed by atoms with Crippen molar-refractivity contribution in [1.82, 2.24) is 4.90 Å². The normalized spacial score (nSPS) is 12.7. The molecule has 0 radical (unpaired) electrons. The zero-order valence-electron chi connectivity index (χ0n) is 7.02. The van der Waals surface area contributed by atoms with Gasteiger partial charge in [-0.3, -0.25) is 5.41 Å². The lowest BCUT2D eigenvalue weighted by atomic mass is 10.1. The minimum atomic E-state index is 0.153. The van der Waals surface area contributed by atoms with E-state index in [4.69, 9.17) is 11.1 Å². The largest absolute Gasteiger partial charge is 0.370 e. The van der Waals surface area contributed by atoms with Crippen molar-refractivity contribution < 1.29 is 0 Å². The molecule has 0 saturated heterocycles. The van der Waals surface area contributed by atoms with Crippen molar-refractivity contribution in [3.05, 3.63) is 0 Å². The first-order chi connectivity index (χ1) is 4.57. The van der Waals surface area contributed by atoms with E-state index in [9.17, 15) is 0 Å². The molecular formula is C7H17N3. The second kappa shape index (κ2) is 4.14. The smallest absolute Gasteiger partial charge is 0.188 e. The molecule has 0 bridgehead atoms. The summed E-state index contributed by atoms with van der Waals surface area (Å²) in [6.45, 7) is 5.17. The molecule has 1 atom stereocenters. The van der Waals surface area contributed by atoms with Gasteiger partial charge in [0.25, 0.3) is 0 Å². The monoisotopic (exact) mass is 143 g/mol. The Kier molecular flexibility index (Phi) is 3.84. The van der Waals surface area contributed by atoms with Gasteiger partial charge >= 0.3 is 0 Å². The van der Waals surface area contributed by atoms with Gasteiger partial charge in [0.15, 0.2) is 5.96 Å². The van der Waals surface area contributed by atoms with Gasteiger partial charge in [0.05, 0.1) is 0 Å². The molecule has 0 aliphatic rings. The van der Waals surface area contributed by atoms with Crippen molar-refractivity contribution >= 4 is 5.96 Å². The Bertz CT molecular complexity index is 111. The Morgan fingerprint density at radius 2 is 2.20 bits per heavy atom. The number of hydrogen-bond donors (Lipinski definition) is 2. The molecule has 3 nitrogen and oxygen atoms in total. The second-order valence-corrected chi connectivity index (χ2v) is 2.78. The van der Waals surface area contributed by atoms with Crippen LogP contribution in [0.4, 0.5) is 0 Å². The van der Waals surface area contributed by atoms with Crippen LogP contribution < -0.4 is 5.73 Å². The number of guanidine groups is 1. The summed E-state index contributed by atoms with van der Waals surface area (Å²) in [4.78, 5) is 1.76. The fraction of sp³-hybridized carbons (Fsp3) is 0.857. The summed E-state index contributed by atoms with van der Waals surface area (Å²) in [5, 5.41) is 7.07. The molecule has 0 aliphatic heterocycles. The van der Waals surface area contributed by atoms with Gasteiger partial charge in [-0.1, -0.05) is 20.3 Å². The van der Waals surface area contributed by atoms with Gasteiger partial charge in [-0.2, -0.15) is 0 Å². The van der Waals surface area contributed by atoms with Crippen molar-refractivity contribution in [1.29, 1.82) is 5.41 Å². The Morgan fingerprint density at radius 3 is 2.50 bits per heavy atom. The average Bonchev–Trinajstić information content (AvgIpc) is 1.87. The summed E-state index contributed by atoms with van der Waals surface area (Å²) in [5.41, 5.74) is 5.25. The molecule has 0 saturated carbocycles. The van der Waals surface area contributed by atoms with E-state index in [0.717, 1.165) is 13.0 Å². The van der Waals surface area contributed by atoms with Crippen molar-refractivity contribution in [2.75, 3.05) is 13.6 Å². The van der Waals surface area contributed by atoms with E-state index in [1.165, 1.54) is 0 Å². The number of hydrogen-bond acceptors (Lipinski definition) is 1. The molecule has 0 unspecified atom stereocenters. The fourth-order valence-electron chi connectivity index (χ4n) is 0.695. The van der Waals surface area contributed by atoms with E-state index < -0.39 is 0 Å². The molecular weight excluding hydrogens is 126 g/mol. The van der Waals surface area contributed by atoms with Gasteiger partial charge < -0.3 is 10.6 Å². The highest BCUT2D eigenvalue weighted by molar-refractivity contribution is 5.74. The van der Waals surface area contributed by atoms with Crippen molar-refractivity contribution in [3.8, 4) is 0 Å². The second-order valence-electron chi connectivity index (χ2n) is 2.78. The van der Waals surface area contributed by atoms with Crippen LogP contribution in [0.3, 0.4) is 0 Å². The standard InChI is InChI=1S/C7H17N3/c1-4-6(2)5-10(3)7(8)9/h6H,4-5H2,1-3H3,(H3,8,9)/t6-/m1/s1. The van der Waals surface area contributed by atoms with Gasteiger partial charge in [0, 0.05) is 13.6 Å². The highest BCUT2D eigenvalue weighted by Crippen LogP contribution is 2.01. The molecule has 3 N–H and O–H groups in total. The van der Waals surface area contributed by atoms with Crippen LogP contribution in [-0.4, -0.2) is 24.5 Å². The van der Waals surface area contributed by atoms with Crippen LogP contribution in [0.15, 0.2) is 0 Å². The van der Waals surface area contributed by atoms with Crippen molar-refractivity contribution in [3.63, 3.8) is 0 Å². The maximum absolute atomic E-state index is 7.07. The van der Waals surface area contributed by atoms with Crippen molar-refractivity contribution in [2.24, 2.45) is 11.7 Å². The number of nitrogens with zero attached hydrogens (tertiary/aromatic N) is 1. The van der Waals surface area contributed by atoms with E-state index in [1.54, 1.807) is 4.90 Å². The number of nitrogens with one attached hydrogen (secondary N) is 1. The third-order valence-corrected chi connectivity index (χ3v) is 1.69. The zero-order valence-corrected chi connectivity index (χ0v) is 7.02. The number of rotatable bonds is 3. The van der Waals surface area contributed by atoms with Crippen LogP contribution in [0.2, 0.25) is 0 Å². The van der Waals surface area contributed by atoms with E-state index in [0.29, 0.717) is 5.92 Å². The summed E-state index contributed by atoms with van der Waals surface area (Å²) in [6.07, 6.45) is 1.14. The zero-order chi connectivity index (χ0) is 8.15. The molecule has 0 heterocycles. The van der Waals surface area contributed by atoms with E-state index in [-0.39, 0.29) is 5.96 Å². The fourth-order valence-corrected chi connectivity index (χ4v) is 0.695. The quantitative estimate of drug-likeness (QED) is 0.454. The molecule has 60 valence electrons.